The highest BCUT2D eigenvalue weighted by Gasteiger charge is 2.34. The smallest absolute Gasteiger partial charge is 0.417 e. The molecule has 1 N–H and O–H groups in total. The molecule has 14 heteroatoms. The van der Waals surface area contributed by atoms with Crippen molar-refractivity contribution in [1.29, 1.82) is 0 Å². The summed E-state index contributed by atoms with van der Waals surface area (Å²) in [4.78, 5) is 41.6. The summed E-state index contributed by atoms with van der Waals surface area (Å²) >= 11 is 0. The number of carbonyl (C=O) groups is 2. The average molecular weight is 614 g/mol. The maximum Gasteiger partial charge on any atom is 0.417 e. The van der Waals surface area contributed by atoms with Gasteiger partial charge in [0.1, 0.15) is 12.2 Å². The Hall–Kier alpha value is -5.14. The quantitative estimate of drug-likeness (QED) is 0.174. The van der Waals surface area contributed by atoms with Crippen LogP contribution in [0.5, 0.6) is 5.75 Å². The Bertz CT molecular complexity index is 1730. The third kappa shape index (κ3) is 7.43. The van der Waals surface area contributed by atoms with Gasteiger partial charge in [0.05, 0.1) is 34.4 Å². The van der Waals surface area contributed by atoms with E-state index < -0.39 is 40.0 Å². The summed E-state index contributed by atoms with van der Waals surface area (Å²) in [5.74, 6) is -0.878. The molecule has 0 bridgehead atoms. The van der Waals surface area contributed by atoms with Crippen LogP contribution in [0, 0.1) is 10.1 Å². The Morgan fingerprint density at radius 2 is 1.82 bits per heavy atom. The summed E-state index contributed by atoms with van der Waals surface area (Å²) in [6, 6.07) is 11.8. The molecule has 4 aromatic rings. The van der Waals surface area contributed by atoms with Gasteiger partial charge in [-0.2, -0.15) is 13.2 Å². The van der Waals surface area contributed by atoms with Crippen LogP contribution in [0.15, 0.2) is 60.9 Å². The van der Waals surface area contributed by atoms with E-state index in [4.69, 9.17) is 9.47 Å². The van der Waals surface area contributed by atoms with Crippen molar-refractivity contribution < 1.29 is 37.2 Å². The Balaban J connectivity index is 1.54. The molecular formula is C30H30F3N5O6. The lowest BCUT2D eigenvalue weighted by Crippen LogP contribution is -2.36. The Morgan fingerprint density at radius 3 is 2.48 bits per heavy atom. The van der Waals surface area contributed by atoms with Gasteiger partial charge in [-0.15, -0.1) is 0 Å². The summed E-state index contributed by atoms with van der Waals surface area (Å²) in [6.45, 7) is 5.05. The molecule has 232 valence electrons. The van der Waals surface area contributed by atoms with E-state index in [9.17, 15) is 32.9 Å². The van der Waals surface area contributed by atoms with Crippen molar-refractivity contribution in [2.75, 3.05) is 25.5 Å². The van der Waals surface area contributed by atoms with Gasteiger partial charge in [0.25, 0.3) is 5.91 Å². The van der Waals surface area contributed by atoms with E-state index in [1.54, 1.807) is 27.8 Å². The van der Waals surface area contributed by atoms with Gasteiger partial charge >= 0.3 is 18.0 Å². The zero-order valence-electron chi connectivity index (χ0n) is 24.6. The maximum absolute atomic E-state index is 14.0. The third-order valence-electron chi connectivity index (χ3n) is 6.41. The van der Waals surface area contributed by atoms with Crippen LogP contribution >= 0.6 is 0 Å². The molecule has 0 radical (unpaired) electrons. The van der Waals surface area contributed by atoms with Crippen molar-refractivity contribution >= 4 is 34.4 Å². The van der Waals surface area contributed by atoms with E-state index >= 15 is 0 Å². The number of aromatic nitrogens is 2. The highest BCUT2D eigenvalue weighted by Crippen LogP contribution is 2.40. The SMILES string of the molecule is CN(CCOc1cc(C(=O)Nc2cccc(-c3cc4ncn(C)c4cc3C(F)(F)F)c2)ccc1[N+](=O)[O-])C(=O)OC(C)(C)C. The number of aryl methyl sites for hydroxylation is 1. The van der Waals surface area contributed by atoms with Crippen LogP contribution in [-0.2, 0) is 18.0 Å². The monoisotopic (exact) mass is 613 g/mol. The third-order valence-corrected chi connectivity index (χ3v) is 6.41. The number of amides is 2. The molecule has 0 atom stereocenters. The van der Waals surface area contributed by atoms with Crippen molar-refractivity contribution in [3.05, 3.63) is 82.2 Å². The number of anilines is 1. The van der Waals surface area contributed by atoms with Crippen molar-refractivity contribution in [2.24, 2.45) is 7.05 Å². The van der Waals surface area contributed by atoms with Crippen molar-refractivity contribution in [3.63, 3.8) is 0 Å². The Kier molecular flexibility index (Phi) is 8.83. The van der Waals surface area contributed by atoms with Crippen LogP contribution in [0.2, 0.25) is 0 Å². The summed E-state index contributed by atoms with van der Waals surface area (Å²) in [7, 11) is 3.08. The number of nitrogens with zero attached hydrogens (tertiary/aromatic N) is 4. The van der Waals surface area contributed by atoms with E-state index in [-0.39, 0.29) is 41.3 Å². The fourth-order valence-electron chi connectivity index (χ4n) is 4.26. The number of nitrogens with one attached hydrogen (secondary N) is 1. The lowest BCUT2D eigenvalue weighted by Gasteiger charge is -2.24. The van der Waals surface area contributed by atoms with Crippen molar-refractivity contribution in [3.8, 4) is 16.9 Å². The molecule has 0 spiro atoms. The van der Waals surface area contributed by atoms with Gasteiger partial charge in [0, 0.05) is 37.5 Å². The second-order valence-corrected chi connectivity index (χ2v) is 11.0. The normalized spacial score (nSPS) is 11.7. The molecule has 0 aliphatic carbocycles. The predicted molar refractivity (Wildman–Crippen MR) is 157 cm³/mol. The lowest BCUT2D eigenvalue weighted by atomic mass is 9.98. The van der Waals surface area contributed by atoms with Gasteiger partial charge in [-0.1, -0.05) is 12.1 Å². The van der Waals surface area contributed by atoms with Crippen LogP contribution in [-0.4, -0.2) is 57.2 Å². The van der Waals surface area contributed by atoms with Gasteiger partial charge in [-0.05, 0) is 62.2 Å². The van der Waals surface area contributed by atoms with E-state index in [0.717, 1.165) is 12.1 Å². The number of carbonyl (C=O) groups excluding carboxylic acids is 2. The number of nitro groups is 1. The zero-order chi connectivity index (χ0) is 32.4. The minimum atomic E-state index is -4.65. The Morgan fingerprint density at radius 1 is 1.09 bits per heavy atom. The van der Waals surface area contributed by atoms with Crippen molar-refractivity contribution in [1.82, 2.24) is 14.5 Å². The number of hydrogen-bond acceptors (Lipinski definition) is 7. The van der Waals surface area contributed by atoms with Crippen LogP contribution in [0.1, 0.15) is 36.7 Å². The molecule has 1 aromatic heterocycles. The van der Waals surface area contributed by atoms with Crippen LogP contribution < -0.4 is 10.1 Å². The number of rotatable bonds is 8. The number of hydrogen-bond donors (Lipinski definition) is 1. The highest BCUT2D eigenvalue weighted by molar-refractivity contribution is 6.05. The van der Waals surface area contributed by atoms with Crippen molar-refractivity contribution in [2.45, 2.75) is 32.5 Å². The number of likely N-dealkylation sites (N-methyl/N-ethyl adjacent to an activating group) is 1. The minimum Gasteiger partial charge on any atom is -0.485 e. The standard InChI is InChI=1S/C30H30F3N5O6/c1-29(2,3)44-28(40)36(4)11-12-43-26-14-19(9-10-24(26)38(41)42)27(39)35-20-8-6-7-18(13-20)21-15-23-25(37(5)17-34-23)16-22(21)30(31,32)33/h6-10,13-17H,11-12H2,1-5H3,(H,35,39). The molecule has 0 saturated heterocycles. The van der Waals surface area contributed by atoms with Crippen LogP contribution in [0.4, 0.5) is 29.3 Å². The zero-order valence-corrected chi connectivity index (χ0v) is 24.6. The average Bonchev–Trinajstić information content (AvgIpc) is 3.30. The Labute approximate surface area is 250 Å². The van der Waals surface area contributed by atoms with E-state index in [1.807, 2.05) is 0 Å². The molecule has 3 aromatic carbocycles. The first-order valence-corrected chi connectivity index (χ1v) is 13.3. The molecule has 2 amide bonds. The number of nitro benzene ring substituents is 1. The number of fused-ring (bicyclic) bond motifs is 1. The summed E-state index contributed by atoms with van der Waals surface area (Å²) in [5.41, 5.74) is -0.978. The number of imidazole rings is 1. The van der Waals surface area contributed by atoms with E-state index in [0.29, 0.717) is 11.0 Å². The number of ether oxygens (including phenoxy) is 2. The van der Waals surface area contributed by atoms with Gasteiger partial charge in [-0.25, -0.2) is 9.78 Å². The fourth-order valence-corrected chi connectivity index (χ4v) is 4.26. The first kappa shape index (κ1) is 31.8. The molecule has 11 nitrogen and oxygen atoms in total. The number of alkyl halides is 3. The fraction of sp³-hybridized carbons (Fsp3) is 0.300. The molecule has 0 saturated carbocycles. The molecule has 1 heterocycles. The maximum atomic E-state index is 14.0. The van der Waals surface area contributed by atoms with Gasteiger partial charge < -0.3 is 24.3 Å². The molecule has 4 rings (SSSR count). The second kappa shape index (κ2) is 12.2. The van der Waals surface area contributed by atoms with Gasteiger partial charge in [0.15, 0.2) is 5.75 Å². The highest BCUT2D eigenvalue weighted by atomic mass is 19.4. The molecule has 0 aliphatic heterocycles. The summed E-state index contributed by atoms with van der Waals surface area (Å²) in [5, 5.41) is 14.2. The predicted octanol–water partition coefficient (Wildman–Crippen LogP) is 6.67. The molecule has 0 aliphatic rings. The van der Waals surface area contributed by atoms with Crippen LogP contribution in [0.25, 0.3) is 22.2 Å². The van der Waals surface area contributed by atoms with Gasteiger partial charge in [0.2, 0.25) is 0 Å². The number of halogens is 3. The van der Waals surface area contributed by atoms with E-state index in [1.165, 1.54) is 65.3 Å². The first-order valence-electron chi connectivity index (χ1n) is 13.3. The van der Waals surface area contributed by atoms with E-state index in [2.05, 4.69) is 10.3 Å². The topological polar surface area (TPSA) is 129 Å². The minimum absolute atomic E-state index is 0.00221. The lowest BCUT2D eigenvalue weighted by molar-refractivity contribution is -0.385. The van der Waals surface area contributed by atoms with Gasteiger partial charge in [-0.3, -0.25) is 14.9 Å². The summed E-state index contributed by atoms with van der Waals surface area (Å²) in [6.07, 6.45) is -3.83. The summed E-state index contributed by atoms with van der Waals surface area (Å²) < 4.78 is 54.4. The largest absolute Gasteiger partial charge is 0.485 e. The second-order valence-electron chi connectivity index (χ2n) is 11.0. The number of benzene rings is 3. The molecule has 0 fully saturated rings. The van der Waals surface area contributed by atoms with Crippen LogP contribution in [0.3, 0.4) is 0 Å². The molecule has 44 heavy (non-hydrogen) atoms. The molecular weight excluding hydrogens is 583 g/mol. The molecule has 0 unspecified atom stereocenters. The first-order chi connectivity index (χ1) is 20.5.